The van der Waals surface area contributed by atoms with E-state index in [-0.39, 0.29) is 11.4 Å². The Bertz CT molecular complexity index is 681. The zero-order valence-electron chi connectivity index (χ0n) is 14.7. The van der Waals surface area contributed by atoms with E-state index in [2.05, 4.69) is 45.0 Å². The summed E-state index contributed by atoms with van der Waals surface area (Å²) in [5.74, 6) is 0.135. The largest absolute Gasteiger partial charge is 0.321 e. The maximum Gasteiger partial charge on any atom is 0.276 e. The minimum atomic E-state index is -0.174. The first kappa shape index (κ1) is 17.6. The molecule has 0 radical (unpaired) electrons. The molecule has 1 amide bonds. The van der Waals surface area contributed by atoms with Crippen LogP contribution < -0.4 is 5.32 Å². The molecule has 0 unspecified atom stereocenters. The molecule has 0 aliphatic rings. The van der Waals surface area contributed by atoms with Gasteiger partial charge >= 0.3 is 0 Å². The van der Waals surface area contributed by atoms with Gasteiger partial charge in [-0.15, -0.1) is 11.8 Å². The van der Waals surface area contributed by atoms with Crippen LogP contribution in [0.1, 0.15) is 56.7 Å². The molecular weight excluding hydrogens is 306 g/mol. The summed E-state index contributed by atoms with van der Waals surface area (Å²) >= 11 is 1.68. The van der Waals surface area contributed by atoms with Gasteiger partial charge in [-0.05, 0) is 63.3 Å². The minimum Gasteiger partial charge on any atom is -0.321 e. The number of rotatable bonds is 4. The molecule has 2 rings (SSSR count). The van der Waals surface area contributed by atoms with Crippen molar-refractivity contribution in [3.8, 4) is 0 Å². The zero-order valence-corrected chi connectivity index (χ0v) is 15.5. The van der Waals surface area contributed by atoms with Crippen molar-refractivity contribution < 1.29 is 4.79 Å². The highest BCUT2D eigenvalue weighted by atomic mass is 32.2. The maximum absolute atomic E-state index is 12.5. The smallest absolute Gasteiger partial charge is 0.276 e. The molecule has 0 aliphatic heterocycles. The Hall–Kier alpha value is -1.75. The van der Waals surface area contributed by atoms with E-state index >= 15 is 0 Å². The molecule has 1 N–H and O–H groups in total. The summed E-state index contributed by atoms with van der Waals surface area (Å²) in [6, 6.07) is 9.70. The number of nitrogens with zero attached hydrogens (tertiary/aromatic N) is 2. The number of hydrogen-bond donors (Lipinski definition) is 1. The summed E-state index contributed by atoms with van der Waals surface area (Å²) < 4.78 is 1.95. The van der Waals surface area contributed by atoms with Crippen molar-refractivity contribution in [1.82, 2.24) is 9.78 Å². The molecule has 0 bridgehead atoms. The van der Waals surface area contributed by atoms with Crippen molar-refractivity contribution in [2.24, 2.45) is 0 Å². The van der Waals surface area contributed by atoms with Gasteiger partial charge in [0.1, 0.15) is 0 Å². The van der Waals surface area contributed by atoms with Gasteiger partial charge in [0, 0.05) is 16.3 Å². The molecule has 124 valence electrons. The molecule has 0 saturated heterocycles. The molecule has 1 heterocycles. The van der Waals surface area contributed by atoms with E-state index < -0.39 is 0 Å². The van der Waals surface area contributed by atoms with Crippen molar-refractivity contribution in [3.05, 3.63) is 41.7 Å². The van der Waals surface area contributed by atoms with Crippen LogP contribution in [0.4, 0.5) is 5.69 Å². The lowest BCUT2D eigenvalue weighted by Gasteiger charge is -2.23. The summed E-state index contributed by atoms with van der Waals surface area (Å²) in [5, 5.41) is 7.45. The Morgan fingerprint density at radius 1 is 1.22 bits per heavy atom. The molecule has 5 heteroatoms. The van der Waals surface area contributed by atoms with E-state index in [1.165, 1.54) is 4.90 Å². The topological polar surface area (TPSA) is 46.9 Å². The maximum atomic E-state index is 12.5. The minimum absolute atomic E-state index is 0.155. The summed E-state index contributed by atoms with van der Waals surface area (Å²) in [6.07, 6.45) is 2.03. The molecule has 23 heavy (non-hydrogen) atoms. The first-order valence-corrected chi connectivity index (χ1v) is 9.00. The van der Waals surface area contributed by atoms with Crippen LogP contribution >= 0.6 is 11.8 Å². The molecular formula is C18H25N3OS. The van der Waals surface area contributed by atoms with Gasteiger partial charge < -0.3 is 5.32 Å². The first-order chi connectivity index (χ1) is 10.7. The second-order valence-electron chi connectivity index (χ2n) is 6.87. The predicted octanol–water partition coefficient (Wildman–Crippen LogP) is 4.74. The van der Waals surface area contributed by atoms with Gasteiger partial charge in [0.05, 0.1) is 5.54 Å². The van der Waals surface area contributed by atoms with Gasteiger partial charge in [-0.2, -0.15) is 5.10 Å². The molecule has 0 fully saturated rings. The van der Waals surface area contributed by atoms with Crippen molar-refractivity contribution >= 4 is 23.4 Å². The standard InChI is InChI=1S/C18H25N3OS/c1-12(2)16-11-15(20-21(16)18(3,4)5)17(22)19-13-7-9-14(23-6)10-8-13/h7-12H,1-6H3,(H,19,22). The summed E-state index contributed by atoms with van der Waals surface area (Å²) in [4.78, 5) is 13.7. The van der Waals surface area contributed by atoms with Gasteiger partial charge in [0.25, 0.3) is 5.91 Å². The molecule has 1 aromatic heterocycles. The van der Waals surface area contributed by atoms with E-state index in [0.717, 1.165) is 11.4 Å². The fourth-order valence-corrected chi connectivity index (χ4v) is 2.73. The number of carbonyl (C=O) groups is 1. The van der Waals surface area contributed by atoms with Crippen LogP contribution in [-0.4, -0.2) is 21.9 Å². The SMILES string of the molecule is CSc1ccc(NC(=O)c2cc(C(C)C)n(C(C)(C)C)n2)cc1. The normalized spacial score (nSPS) is 11.8. The lowest BCUT2D eigenvalue weighted by Crippen LogP contribution is -2.26. The Morgan fingerprint density at radius 3 is 2.26 bits per heavy atom. The number of anilines is 1. The Balaban J connectivity index is 2.25. The highest BCUT2D eigenvalue weighted by Crippen LogP contribution is 2.24. The molecule has 1 aromatic carbocycles. The van der Waals surface area contributed by atoms with Crippen LogP contribution in [-0.2, 0) is 5.54 Å². The number of benzene rings is 1. The second-order valence-corrected chi connectivity index (χ2v) is 7.75. The molecule has 0 atom stereocenters. The average Bonchev–Trinajstić information content (AvgIpc) is 2.93. The fourth-order valence-electron chi connectivity index (χ4n) is 2.32. The number of aromatic nitrogens is 2. The highest BCUT2D eigenvalue weighted by Gasteiger charge is 2.23. The highest BCUT2D eigenvalue weighted by molar-refractivity contribution is 7.98. The van der Waals surface area contributed by atoms with E-state index in [9.17, 15) is 4.79 Å². The Labute approximate surface area is 142 Å². The van der Waals surface area contributed by atoms with Crippen LogP contribution in [0.3, 0.4) is 0 Å². The second kappa shape index (κ2) is 6.79. The monoisotopic (exact) mass is 331 g/mol. The van der Waals surface area contributed by atoms with Gasteiger partial charge in [0.2, 0.25) is 0 Å². The number of amides is 1. The molecule has 0 saturated carbocycles. The molecule has 4 nitrogen and oxygen atoms in total. The first-order valence-electron chi connectivity index (χ1n) is 7.78. The fraction of sp³-hybridized carbons (Fsp3) is 0.444. The van der Waals surface area contributed by atoms with E-state index in [4.69, 9.17) is 0 Å². The quantitative estimate of drug-likeness (QED) is 0.823. The van der Waals surface area contributed by atoms with Crippen LogP contribution in [0.25, 0.3) is 0 Å². The summed E-state index contributed by atoms with van der Waals surface area (Å²) in [5.41, 5.74) is 2.15. The average molecular weight is 331 g/mol. The summed E-state index contributed by atoms with van der Waals surface area (Å²) in [6.45, 7) is 10.5. The Kier molecular flexibility index (Phi) is 5.19. The zero-order chi connectivity index (χ0) is 17.2. The van der Waals surface area contributed by atoms with Crippen molar-refractivity contribution in [2.75, 3.05) is 11.6 Å². The van der Waals surface area contributed by atoms with E-state index in [0.29, 0.717) is 11.6 Å². The Morgan fingerprint density at radius 2 is 1.83 bits per heavy atom. The number of carbonyl (C=O) groups excluding carboxylic acids is 1. The van der Waals surface area contributed by atoms with Crippen molar-refractivity contribution in [1.29, 1.82) is 0 Å². The van der Waals surface area contributed by atoms with Crippen molar-refractivity contribution in [2.45, 2.75) is 51.0 Å². The summed E-state index contributed by atoms with van der Waals surface area (Å²) in [7, 11) is 0. The van der Waals surface area contributed by atoms with E-state index in [1.807, 2.05) is 41.3 Å². The lowest BCUT2D eigenvalue weighted by molar-refractivity contribution is 0.102. The van der Waals surface area contributed by atoms with Gasteiger partial charge in [-0.3, -0.25) is 9.48 Å². The third kappa shape index (κ3) is 4.16. The van der Waals surface area contributed by atoms with Crippen LogP contribution in [0, 0.1) is 0 Å². The molecule has 0 spiro atoms. The third-order valence-corrected chi connectivity index (χ3v) is 4.29. The van der Waals surface area contributed by atoms with Gasteiger partial charge in [-0.25, -0.2) is 0 Å². The van der Waals surface area contributed by atoms with Crippen LogP contribution in [0.5, 0.6) is 0 Å². The van der Waals surface area contributed by atoms with Gasteiger partial charge in [-0.1, -0.05) is 13.8 Å². The van der Waals surface area contributed by atoms with Crippen molar-refractivity contribution in [3.63, 3.8) is 0 Å². The number of nitrogens with one attached hydrogen (secondary N) is 1. The van der Waals surface area contributed by atoms with Crippen LogP contribution in [0.2, 0.25) is 0 Å². The number of hydrogen-bond acceptors (Lipinski definition) is 3. The molecule has 0 aliphatic carbocycles. The predicted molar refractivity (Wildman–Crippen MR) is 97.5 cm³/mol. The lowest BCUT2D eigenvalue weighted by atomic mass is 10.1. The van der Waals surface area contributed by atoms with Crippen LogP contribution in [0.15, 0.2) is 35.2 Å². The van der Waals surface area contributed by atoms with E-state index in [1.54, 1.807) is 11.8 Å². The third-order valence-electron chi connectivity index (χ3n) is 3.54. The number of thioether (sulfide) groups is 1. The molecule has 2 aromatic rings. The van der Waals surface area contributed by atoms with Gasteiger partial charge in [0.15, 0.2) is 5.69 Å².